The monoisotopic (exact) mass is 323 g/mol. The van der Waals surface area contributed by atoms with Crippen molar-refractivity contribution in [1.29, 1.82) is 0 Å². The van der Waals surface area contributed by atoms with Crippen LogP contribution < -0.4 is 5.32 Å². The van der Waals surface area contributed by atoms with E-state index in [0.717, 1.165) is 24.3 Å². The van der Waals surface area contributed by atoms with Gasteiger partial charge in [-0.2, -0.15) is 0 Å². The number of nitrogens with one attached hydrogen (secondary N) is 1. The van der Waals surface area contributed by atoms with E-state index in [-0.39, 0.29) is 11.9 Å². The fourth-order valence-electron chi connectivity index (χ4n) is 3.07. The first-order valence-electron chi connectivity index (χ1n) is 8.01. The molecule has 0 radical (unpaired) electrons. The first-order chi connectivity index (χ1) is 11.1. The van der Waals surface area contributed by atoms with Crippen LogP contribution in [0.1, 0.15) is 30.7 Å². The van der Waals surface area contributed by atoms with Gasteiger partial charge in [-0.15, -0.1) is 0 Å². The molecule has 0 unspecified atom stereocenters. The van der Waals surface area contributed by atoms with Gasteiger partial charge in [0.15, 0.2) is 5.76 Å². The van der Waals surface area contributed by atoms with Crippen molar-refractivity contribution in [2.75, 3.05) is 19.7 Å². The highest BCUT2D eigenvalue weighted by atomic mass is 19.1. The SMILES string of the molecule is Cc1cc(CN2C[C@@H](F)C[C@H]2CNC(=O)C2=COCCC2)on1. The fraction of sp³-hybridized carbons (Fsp3) is 0.625. The summed E-state index contributed by atoms with van der Waals surface area (Å²) in [4.78, 5) is 14.1. The zero-order valence-corrected chi connectivity index (χ0v) is 13.3. The van der Waals surface area contributed by atoms with Crippen molar-refractivity contribution in [3.05, 3.63) is 29.4 Å². The van der Waals surface area contributed by atoms with Gasteiger partial charge >= 0.3 is 0 Å². The first kappa shape index (κ1) is 16.0. The first-order valence-corrected chi connectivity index (χ1v) is 8.01. The van der Waals surface area contributed by atoms with Crippen LogP contribution in [0.5, 0.6) is 0 Å². The molecule has 0 saturated carbocycles. The molecule has 0 spiro atoms. The van der Waals surface area contributed by atoms with E-state index in [1.807, 2.05) is 17.9 Å². The number of nitrogens with zero attached hydrogens (tertiary/aromatic N) is 2. The van der Waals surface area contributed by atoms with Crippen LogP contribution in [0.15, 0.2) is 22.4 Å². The second-order valence-electron chi connectivity index (χ2n) is 6.18. The molecular formula is C16H22FN3O3. The number of hydrogen-bond acceptors (Lipinski definition) is 5. The second-order valence-corrected chi connectivity index (χ2v) is 6.18. The Morgan fingerprint density at radius 2 is 2.43 bits per heavy atom. The minimum absolute atomic E-state index is 0.0375. The van der Waals surface area contributed by atoms with E-state index in [9.17, 15) is 9.18 Å². The van der Waals surface area contributed by atoms with E-state index in [1.165, 1.54) is 6.26 Å². The zero-order chi connectivity index (χ0) is 16.2. The second kappa shape index (κ2) is 7.12. The number of aryl methyl sites for hydroxylation is 1. The summed E-state index contributed by atoms with van der Waals surface area (Å²) in [5, 5.41) is 6.75. The Bertz CT molecular complexity index is 587. The maximum absolute atomic E-state index is 13.8. The standard InChI is InChI=1S/C16H22FN3O3/c1-11-5-15(23-19-11)9-20-8-13(17)6-14(20)7-18-16(21)12-3-2-4-22-10-12/h5,10,13-14H,2-4,6-9H2,1H3,(H,18,21)/t13-,14-/m0/s1. The van der Waals surface area contributed by atoms with Crippen LogP contribution in [0.25, 0.3) is 0 Å². The summed E-state index contributed by atoms with van der Waals surface area (Å²) >= 11 is 0. The lowest BCUT2D eigenvalue weighted by Gasteiger charge is -2.23. The molecule has 23 heavy (non-hydrogen) atoms. The highest BCUT2D eigenvalue weighted by Crippen LogP contribution is 2.23. The number of ether oxygens (including phenoxy) is 1. The maximum Gasteiger partial charge on any atom is 0.250 e. The van der Waals surface area contributed by atoms with Crippen LogP contribution in [0.3, 0.4) is 0 Å². The smallest absolute Gasteiger partial charge is 0.250 e. The Morgan fingerprint density at radius 3 is 3.13 bits per heavy atom. The average molecular weight is 323 g/mol. The Labute approximate surface area is 134 Å². The molecule has 2 aliphatic rings. The third kappa shape index (κ3) is 4.10. The van der Waals surface area contributed by atoms with Crippen LogP contribution in [-0.4, -0.2) is 47.9 Å². The van der Waals surface area contributed by atoms with Crippen LogP contribution in [0.4, 0.5) is 4.39 Å². The van der Waals surface area contributed by atoms with Gasteiger partial charge in [-0.05, 0) is 26.2 Å². The lowest BCUT2D eigenvalue weighted by atomic mass is 10.1. The van der Waals surface area contributed by atoms with Gasteiger partial charge in [-0.3, -0.25) is 9.69 Å². The van der Waals surface area contributed by atoms with E-state index < -0.39 is 6.17 Å². The molecule has 3 heterocycles. The van der Waals surface area contributed by atoms with Crippen LogP contribution in [-0.2, 0) is 16.1 Å². The third-order valence-electron chi connectivity index (χ3n) is 4.24. The number of amides is 1. The number of carbonyl (C=O) groups excluding carboxylic acids is 1. The number of hydrogen-bond donors (Lipinski definition) is 1. The van der Waals surface area contributed by atoms with Gasteiger partial charge in [0.1, 0.15) is 6.17 Å². The summed E-state index contributed by atoms with van der Waals surface area (Å²) < 4.78 is 24.2. The van der Waals surface area contributed by atoms with Crippen LogP contribution >= 0.6 is 0 Å². The summed E-state index contributed by atoms with van der Waals surface area (Å²) in [6.07, 6.45) is 2.65. The van der Waals surface area contributed by atoms with Gasteiger partial charge in [-0.1, -0.05) is 5.16 Å². The van der Waals surface area contributed by atoms with Crippen molar-refractivity contribution < 1.29 is 18.4 Å². The average Bonchev–Trinajstić information content (AvgIpc) is 3.11. The summed E-state index contributed by atoms with van der Waals surface area (Å²) in [5.41, 5.74) is 1.47. The number of rotatable bonds is 5. The van der Waals surface area contributed by atoms with E-state index in [1.54, 1.807) is 0 Å². The van der Waals surface area contributed by atoms with Gasteiger partial charge in [0.25, 0.3) is 0 Å². The molecule has 126 valence electrons. The minimum atomic E-state index is -0.877. The van der Waals surface area contributed by atoms with E-state index in [2.05, 4.69) is 10.5 Å². The topological polar surface area (TPSA) is 67.6 Å². The Hall–Kier alpha value is -1.89. The molecule has 0 bridgehead atoms. The van der Waals surface area contributed by atoms with Crippen molar-refractivity contribution in [1.82, 2.24) is 15.4 Å². The summed E-state index contributed by atoms with van der Waals surface area (Å²) in [6, 6.07) is 1.82. The van der Waals surface area contributed by atoms with Gasteiger partial charge in [0.05, 0.1) is 30.7 Å². The van der Waals surface area contributed by atoms with Gasteiger partial charge in [-0.25, -0.2) is 4.39 Å². The number of carbonyl (C=O) groups is 1. The maximum atomic E-state index is 13.8. The molecule has 3 rings (SSSR count). The van der Waals surface area contributed by atoms with E-state index in [0.29, 0.717) is 38.2 Å². The van der Waals surface area contributed by atoms with Gasteiger partial charge in [0.2, 0.25) is 5.91 Å². The van der Waals surface area contributed by atoms with Crippen molar-refractivity contribution in [3.8, 4) is 0 Å². The lowest BCUT2D eigenvalue weighted by Crippen LogP contribution is -2.40. The molecule has 6 nitrogen and oxygen atoms in total. The number of aromatic nitrogens is 1. The predicted molar refractivity (Wildman–Crippen MR) is 81.2 cm³/mol. The molecule has 1 fully saturated rings. The largest absolute Gasteiger partial charge is 0.501 e. The van der Waals surface area contributed by atoms with Crippen molar-refractivity contribution in [2.24, 2.45) is 0 Å². The Balaban J connectivity index is 1.54. The molecule has 1 saturated heterocycles. The van der Waals surface area contributed by atoms with Crippen molar-refractivity contribution >= 4 is 5.91 Å². The van der Waals surface area contributed by atoms with Crippen LogP contribution in [0.2, 0.25) is 0 Å². The third-order valence-corrected chi connectivity index (χ3v) is 4.24. The zero-order valence-electron chi connectivity index (χ0n) is 13.3. The minimum Gasteiger partial charge on any atom is -0.501 e. The fourth-order valence-corrected chi connectivity index (χ4v) is 3.07. The Morgan fingerprint density at radius 1 is 1.57 bits per heavy atom. The lowest BCUT2D eigenvalue weighted by molar-refractivity contribution is -0.118. The van der Waals surface area contributed by atoms with Crippen molar-refractivity contribution in [3.63, 3.8) is 0 Å². The molecule has 1 aromatic rings. The summed E-state index contributed by atoms with van der Waals surface area (Å²) in [6.45, 7) is 3.79. The normalized spacial score (nSPS) is 25.0. The van der Waals surface area contributed by atoms with Gasteiger partial charge < -0.3 is 14.6 Å². The predicted octanol–water partition coefficient (Wildman–Crippen LogP) is 1.71. The molecule has 0 aliphatic carbocycles. The molecule has 1 aromatic heterocycles. The highest BCUT2D eigenvalue weighted by molar-refractivity contribution is 5.93. The molecule has 7 heteroatoms. The van der Waals surface area contributed by atoms with Crippen molar-refractivity contribution in [2.45, 2.75) is 44.9 Å². The molecule has 1 amide bonds. The quantitative estimate of drug-likeness (QED) is 0.893. The van der Waals surface area contributed by atoms with Gasteiger partial charge in [0, 0.05) is 25.2 Å². The number of alkyl halides is 1. The summed E-state index contributed by atoms with van der Waals surface area (Å²) in [5.74, 6) is 0.596. The molecular weight excluding hydrogens is 301 g/mol. The number of halogens is 1. The van der Waals surface area contributed by atoms with Crippen LogP contribution in [0, 0.1) is 6.92 Å². The Kier molecular flexibility index (Phi) is 4.95. The molecule has 2 aliphatic heterocycles. The highest BCUT2D eigenvalue weighted by Gasteiger charge is 2.33. The van der Waals surface area contributed by atoms with E-state index >= 15 is 0 Å². The summed E-state index contributed by atoms with van der Waals surface area (Å²) in [7, 11) is 0. The molecule has 0 aromatic carbocycles. The molecule has 2 atom stereocenters. The number of likely N-dealkylation sites (tertiary alicyclic amines) is 1. The molecule has 1 N–H and O–H groups in total. The van der Waals surface area contributed by atoms with E-state index in [4.69, 9.17) is 9.26 Å².